The van der Waals surface area contributed by atoms with Crippen molar-refractivity contribution in [2.75, 3.05) is 31.7 Å². The number of aliphatic hydroxyl groups is 1. The number of rotatable bonds is 5. The lowest BCUT2D eigenvalue weighted by molar-refractivity contribution is -0.0449. The standard InChI is InChI=1S/C15H23NO4/c1-15(2,3)20-10-12(17)9-16-11-4-5-13-14(8-11)19-7-6-18-13/h4-5,8,12,16-17H,6-7,9-10H2,1-3H3. The number of hydrogen-bond acceptors (Lipinski definition) is 5. The van der Waals surface area contributed by atoms with E-state index < -0.39 is 6.10 Å². The lowest BCUT2D eigenvalue weighted by Gasteiger charge is -2.23. The van der Waals surface area contributed by atoms with Gasteiger partial charge in [-0.3, -0.25) is 0 Å². The number of aliphatic hydroxyl groups excluding tert-OH is 1. The largest absolute Gasteiger partial charge is 0.486 e. The van der Waals surface area contributed by atoms with Gasteiger partial charge in [-0.15, -0.1) is 0 Å². The molecule has 5 nitrogen and oxygen atoms in total. The molecule has 1 heterocycles. The van der Waals surface area contributed by atoms with Crippen LogP contribution in [-0.4, -0.2) is 43.2 Å². The minimum absolute atomic E-state index is 0.238. The highest BCUT2D eigenvalue weighted by Gasteiger charge is 2.14. The first-order chi connectivity index (χ1) is 9.44. The van der Waals surface area contributed by atoms with E-state index in [0.717, 1.165) is 17.2 Å². The fraction of sp³-hybridized carbons (Fsp3) is 0.600. The van der Waals surface area contributed by atoms with E-state index in [-0.39, 0.29) is 5.60 Å². The normalized spacial score (nSPS) is 15.8. The molecule has 0 fully saturated rings. The lowest BCUT2D eigenvalue weighted by Crippen LogP contribution is -2.30. The van der Waals surface area contributed by atoms with Crippen LogP contribution in [0.1, 0.15) is 20.8 Å². The maximum Gasteiger partial charge on any atom is 0.163 e. The summed E-state index contributed by atoms with van der Waals surface area (Å²) >= 11 is 0. The molecule has 0 aliphatic carbocycles. The summed E-state index contributed by atoms with van der Waals surface area (Å²) in [5.41, 5.74) is 0.655. The smallest absolute Gasteiger partial charge is 0.163 e. The summed E-state index contributed by atoms with van der Waals surface area (Å²) < 4.78 is 16.5. The van der Waals surface area contributed by atoms with Gasteiger partial charge in [0.2, 0.25) is 0 Å². The summed E-state index contributed by atoms with van der Waals surface area (Å²) in [4.78, 5) is 0. The third kappa shape index (κ3) is 4.58. The van der Waals surface area contributed by atoms with E-state index in [9.17, 15) is 5.11 Å². The van der Waals surface area contributed by atoms with Gasteiger partial charge in [0, 0.05) is 18.3 Å². The second kappa shape index (κ2) is 6.33. The Morgan fingerprint density at radius 3 is 2.65 bits per heavy atom. The number of ether oxygens (including phenoxy) is 3. The van der Waals surface area contributed by atoms with Crippen molar-refractivity contribution in [2.24, 2.45) is 0 Å². The number of benzene rings is 1. The SMILES string of the molecule is CC(C)(C)OCC(O)CNc1ccc2c(c1)OCCO2. The van der Waals surface area contributed by atoms with Crippen LogP contribution in [0.15, 0.2) is 18.2 Å². The zero-order chi connectivity index (χ0) is 14.6. The molecule has 1 aromatic rings. The molecular formula is C15H23NO4. The quantitative estimate of drug-likeness (QED) is 0.865. The highest BCUT2D eigenvalue weighted by molar-refractivity contribution is 5.55. The van der Waals surface area contributed by atoms with Gasteiger partial charge >= 0.3 is 0 Å². The molecule has 0 aromatic heterocycles. The Bertz CT molecular complexity index is 442. The number of nitrogens with one attached hydrogen (secondary N) is 1. The van der Waals surface area contributed by atoms with Gasteiger partial charge in [0.1, 0.15) is 13.2 Å². The van der Waals surface area contributed by atoms with E-state index in [1.807, 2.05) is 39.0 Å². The summed E-state index contributed by atoms with van der Waals surface area (Å²) in [5, 5.41) is 13.0. The Hall–Kier alpha value is -1.46. The van der Waals surface area contributed by atoms with Crippen molar-refractivity contribution in [1.29, 1.82) is 0 Å². The molecule has 2 N–H and O–H groups in total. The summed E-state index contributed by atoms with van der Waals surface area (Å²) in [6.45, 7) is 7.79. The fourth-order valence-electron chi connectivity index (χ4n) is 1.79. The minimum Gasteiger partial charge on any atom is -0.486 e. The van der Waals surface area contributed by atoms with E-state index in [4.69, 9.17) is 14.2 Å². The molecule has 0 amide bonds. The molecular weight excluding hydrogens is 258 g/mol. The van der Waals surface area contributed by atoms with Crippen molar-refractivity contribution in [3.05, 3.63) is 18.2 Å². The number of anilines is 1. The molecule has 0 saturated heterocycles. The summed E-state index contributed by atoms with van der Waals surface area (Å²) in [6, 6.07) is 5.66. The molecule has 2 rings (SSSR count). The van der Waals surface area contributed by atoms with E-state index in [1.165, 1.54) is 0 Å². The highest BCUT2D eigenvalue weighted by Crippen LogP contribution is 2.32. The summed E-state index contributed by atoms with van der Waals surface area (Å²) in [5.74, 6) is 1.50. The van der Waals surface area contributed by atoms with Crippen molar-refractivity contribution >= 4 is 5.69 Å². The molecule has 1 aliphatic heterocycles. The maximum absolute atomic E-state index is 9.87. The van der Waals surface area contributed by atoms with Crippen molar-refractivity contribution in [1.82, 2.24) is 0 Å². The molecule has 20 heavy (non-hydrogen) atoms. The first-order valence-corrected chi connectivity index (χ1v) is 6.89. The van der Waals surface area contributed by atoms with Crippen LogP contribution in [0.2, 0.25) is 0 Å². The Morgan fingerprint density at radius 2 is 1.95 bits per heavy atom. The average Bonchev–Trinajstić information content (AvgIpc) is 2.42. The van der Waals surface area contributed by atoms with E-state index in [2.05, 4.69) is 5.32 Å². The maximum atomic E-state index is 9.87. The zero-order valence-corrected chi connectivity index (χ0v) is 12.3. The predicted molar refractivity (Wildman–Crippen MR) is 77.6 cm³/mol. The number of hydrogen-bond donors (Lipinski definition) is 2. The predicted octanol–water partition coefficient (Wildman–Crippen LogP) is 2.05. The van der Waals surface area contributed by atoms with Crippen LogP contribution in [0.25, 0.3) is 0 Å². The zero-order valence-electron chi connectivity index (χ0n) is 12.3. The summed E-state index contributed by atoms with van der Waals surface area (Å²) in [7, 11) is 0. The van der Waals surface area contributed by atoms with E-state index >= 15 is 0 Å². The van der Waals surface area contributed by atoms with Crippen molar-refractivity contribution in [3.8, 4) is 11.5 Å². The van der Waals surface area contributed by atoms with Gasteiger partial charge < -0.3 is 24.6 Å². The van der Waals surface area contributed by atoms with Gasteiger partial charge in [0.15, 0.2) is 11.5 Å². The Balaban J connectivity index is 1.81. The average molecular weight is 281 g/mol. The molecule has 112 valence electrons. The van der Waals surface area contributed by atoms with Crippen LogP contribution in [0, 0.1) is 0 Å². The molecule has 1 unspecified atom stereocenters. The molecule has 0 spiro atoms. The Labute approximate surface area is 119 Å². The molecule has 1 atom stereocenters. The molecule has 5 heteroatoms. The molecule has 0 bridgehead atoms. The third-order valence-electron chi connectivity index (χ3n) is 2.79. The van der Waals surface area contributed by atoms with Gasteiger partial charge in [-0.2, -0.15) is 0 Å². The van der Waals surface area contributed by atoms with Crippen LogP contribution in [0.4, 0.5) is 5.69 Å². The van der Waals surface area contributed by atoms with Crippen LogP contribution in [-0.2, 0) is 4.74 Å². The van der Waals surface area contributed by atoms with Gasteiger partial charge in [-0.1, -0.05) is 0 Å². The van der Waals surface area contributed by atoms with Crippen LogP contribution in [0.3, 0.4) is 0 Å². The van der Waals surface area contributed by atoms with Crippen LogP contribution < -0.4 is 14.8 Å². The second-order valence-corrected chi connectivity index (χ2v) is 5.82. The second-order valence-electron chi connectivity index (χ2n) is 5.82. The van der Waals surface area contributed by atoms with Crippen molar-refractivity contribution in [2.45, 2.75) is 32.5 Å². The van der Waals surface area contributed by atoms with Crippen LogP contribution in [0.5, 0.6) is 11.5 Å². The van der Waals surface area contributed by atoms with Gasteiger partial charge in [0.25, 0.3) is 0 Å². The van der Waals surface area contributed by atoms with Crippen molar-refractivity contribution in [3.63, 3.8) is 0 Å². The monoisotopic (exact) mass is 281 g/mol. The summed E-state index contributed by atoms with van der Waals surface area (Å²) in [6.07, 6.45) is -0.553. The molecule has 0 saturated carbocycles. The Kier molecular flexibility index (Phi) is 4.73. The van der Waals surface area contributed by atoms with E-state index in [1.54, 1.807) is 0 Å². The van der Waals surface area contributed by atoms with E-state index in [0.29, 0.717) is 26.4 Å². The Morgan fingerprint density at radius 1 is 1.25 bits per heavy atom. The lowest BCUT2D eigenvalue weighted by atomic mass is 10.2. The fourth-order valence-corrected chi connectivity index (χ4v) is 1.79. The van der Waals surface area contributed by atoms with Gasteiger partial charge in [0.05, 0.1) is 18.3 Å². The van der Waals surface area contributed by atoms with Gasteiger partial charge in [-0.05, 0) is 32.9 Å². The topological polar surface area (TPSA) is 60.0 Å². The number of fused-ring (bicyclic) bond motifs is 1. The first kappa shape index (κ1) is 14.9. The first-order valence-electron chi connectivity index (χ1n) is 6.89. The molecule has 1 aliphatic rings. The molecule has 0 radical (unpaired) electrons. The molecule has 1 aromatic carbocycles. The minimum atomic E-state index is -0.553. The third-order valence-corrected chi connectivity index (χ3v) is 2.79. The van der Waals surface area contributed by atoms with Crippen LogP contribution >= 0.6 is 0 Å². The highest BCUT2D eigenvalue weighted by atomic mass is 16.6. The van der Waals surface area contributed by atoms with Gasteiger partial charge in [-0.25, -0.2) is 0 Å². The van der Waals surface area contributed by atoms with Crippen molar-refractivity contribution < 1.29 is 19.3 Å².